The SMILES string of the molecule is Fc1ccc(C2CCNC2Cc2ccccc2)cc1. The Morgan fingerprint density at radius 3 is 2.47 bits per heavy atom. The van der Waals surface area contributed by atoms with Crippen molar-refractivity contribution in [1.82, 2.24) is 5.32 Å². The average Bonchev–Trinajstić information content (AvgIpc) is 2.89. The first kappa shape index (κ1) is 12.4. The second-order valence-electron chi connectivity index (χ2n) is 5.20. The summed E-state index contributed by atoms with van der Waals surface area (Å²) >= 11 is 0. The Morgan fingerprint density at radius 1 is 1.00 bits per heavy atom. The molecule has 2 aromatic carbocycles. The van der Waals surface area contributed by atoms with Crippen LogP contribution in [0.5, 0.6) is 0 Å². The van der Waals surface area contributed by atoms with Crippen molar-refractivity contribution >= 4 is 0 Å². The molecule has 0 bridgehead atoms. The Morgan fingerprint density at radius 2 is 1.74 bits per heavy atom. The van der Waals surface area contributed by atoms with Gasteiger partial charge in [-0.2, -0.15) is 0 Å². The van der Waals surface area contributed by atoms with Crippen LogP contribution in [0.3, 0.4) is 0 Å². The summed E-state index contributed by atoms with van der Waals surface area (Å²) in [5.74, 6) is 0.329. The Kier molecular flexibility index (Phi) is 3.60. The number of rotatable bonds is 3. The first-order valence-corrected chi connectivity index (χ1v) is 6.86. The lowest BCUT2D eigenvalue weighted by atomic mass is 9.88. The zero-order valence-electron chi connectivity index (χ0n) is 10.9. The summed E-state index contributed by atoms with van der Waals surface area (Å²) in [6, 6.07) is 18.0. The number of halogens is 1. The lowest BCUT2D eigenvalue weighted by Gasteiger charge is -2.20. The van der Waals surface area contributed by atoms with Gasteiger partial charge in [0.2, 0.25) is 0 Å². The van der Waals surface area contributed by atoms with Crippen LogP contribution in [0.25, 0.3) is 0 Å². The molecule has 19 heavy (non-hydrogen) atoms. The van der Waals surface area contributed by atoms with Crippen LogP contribution in [-0.2, 0) is 6.42 Å². The van der Waals surface area contributed by atoms with Crippen molar-refractivity contribution in [3.05, 3.63) is 71.5 Å². The van der Waals surface area contributed by atoms with E-state index in [4.69, 9.17) is 0 Å². The zero-order valence-corrected chi connectivity index (χ0v) is 10.9. The van der Waals surface area contributed by atoms with E-state index in [1.54, 1.807) is 12.1 Å². The standard InChI is InChI=1S/C17H18FN/c18-15-8-6-14(7-9-15)16-10-11-19-17(16)12-13-4-2-1-3-5-13/h1-9,16-17,19H,10-12H2. The highest BCUT2D eigenvalue weighted by molar-refractivity contribution is 5.25. The summed E-state index contributed by atoms with van der Waals surface area (Å²) < 4.78 is 13.0. The third-order valence-electron chi connectivity index (χ3n) is 3.94. The molecule has 1 fully saturated rings. The van der Waals surface area contributed by atoms with E-state index >= 15 is 0 Å². The number of hydrogen-bond acceptors (Lipinski definition) is 1. The fraction of sp³-hybridized carbons (Fsp3) is 0.294. The minimum Gasteiger partial charge on any atom is -0.313 e. The van der Waals surface area contributed by atoms with Crippen molar-refractivity contribution in [1.29, 1.82) is 0 Å². The molecule has 1 aliphatic heterocycles. The van der Waals surface area contributed by atoms with Gasteiger partial charge in [-0.3, -0.25) is 0 Å². The van der Waals surface area contributed by atoms with Gasteiger partial charge in [0.05, 0.1) is 0 Å². The van der Waals surface area contributed by atoms with Crippen molar-refractivity contribution in [3.63, 3.8) is 0 Å². The first-order valence-electron chi connectivity index (χ1n) is 6.86. The molecule has 1 N–H and O–H groups in total. The highest BCUT2D eigenvalue weighted by Gasteiger charge is 2.28. The zero-order chi connectivity index (χ0) is 13.1. The Bertz CT molecular complexity index is 521. The number of benzene rings is 2. The van der Waals surface area contributed by atoms with E-state index in [0.29, 0.717) is 12.0 Å². The number of nitrogens with one attached hydrogen (secondary N) is 1. The molecule has 1 nitrogen and oxygen atoms in total. The molecule has 0 saturated carbocycles. The van der Waals surface area contributed by atoms with Gasteiger partial charge in [-0.15, -0.1) is 0 Å². The molecule has 2 aromatic rings. The van der Waals surface area contributed by atoms with Gasteiger partial charge in [-0.05, 0) is 42.6 Å². The molecule has 98 valence electrons. The molecule has 1 saturated heterocycles. The van der Waals surface area contributed by atoms with Gasteiger partial charge < -0.3 is 5.32 Å². The van der Waals surface area contributed by atoms with Gasteiger partial charge in [0, 0.05) is 12.0 Å². The molecule has 2 heteroatoms. The van der Waals surface area contributed by atoms with Crippen molar-refractivity contribution in [2.45, 2.75) is 24.8 Å². The van der Waals surface area contributed by atoms with Crippen LogP contribution in [0, 0.1) is 5.82 Å². The molecule has 3 rings (SSSR count). The van der Waals surface area contributed by atoms with E-state index in [0.717, 1.165) is 19.4 Å². The van der Waals surface area contributed by atoms with Crippen molar-refractivity contribution in [2.24, 2.45) is 0 Å². The van der Waals surface area contributed by atoms with Gasteiger partial charge in [0.25, 0.3) is 0 Å². The summed E-state index contributed by atoms with van der Waals surface area (Å²) in [7, 11) is 0. The van der Waals surface area contributed by atoms with E-state index in [9.17, 15) is 4.39 Å². The smallest absolute Gasteiger partial charge is 0.123 e. The van der Waals surface area contributed by atoms with E-state index < -0.39 is 0 Å². The molecule has 2 atom stereocenters. The van der Waals surface area contributed by atoms with E-state index in [1.165, 1.54) is 11.1 Å². The maximum absolute atomic E-state index is 13.0. The Labute approximate surface area is 113 Å². The molecule has 0 aliphatic carbocycles. The molecule has 0 radical (unpaired) electrons. The summed E-state index contributed by atoms with van der Waals surface area (Å²) in [5.41, 5.74) is 2.60. The summed E-state index contributed by atoms with van der Waals surface area (Å²) in [4.78, 5) is 0. The van der Waals surface area contributed by atoms with Crippen LogP contribution in [0.4, 0.5) is 4.39 Å². The minimum atomic E-state index is -0.158. The molecule has 1 heterocycles. The molecular weight excluding hydrogens is 237 g/mol. The van der Waals surface area contributed by atoms with Crippen molar-refractivity contribution < 1.29 is 4.39 Å². The molecule has 0 amide bonds. The summed E-state index contributed by atoms with van der Waals surface area (Å²) in [6.07, 6.45) is 2.16. The number of hydrogen-bond donors (Lipinski definition) is 1. The van der Waals surface area contributed by atoms with Crippen molar-refractivity contribution in [3.8, 4) is 0 Å². The van der Waals surface area contributed by atoms with Crippen molar-refractivity contribution in [2.75, 3.05) is 6.54 Å². The maximum atomic E-state index is 13.0. The third-order valence-corrected chi connectivity index (χ3v) is 3.94. The fourth-order valence-corrected chi connectivity index (χ4v) is 2.96. The van der Waals surface area contributed by atoms with Crippen LogP contribution in [-0.4, -0.2) is 12.6 Å². The molecule has 2 unspecified atom stereocenters. The topological polar surface area (TPSA) is 12.0 Å². The van der Waals surface area contributed by atoms with Gasteiger partial charge in [-0.25, -0.2) is 4.39 Å². The lowest BCUT2D eigenvalue weighted by molar-refractivity contribution is 0.542. The summed E-state index contributed by atoms with van der Waals surface area (Å²) in [5, 5.41) is 3.57. The van der Waals surface area contributed by atoms with Crippen LogP contribution in [0.1, 0.15) is 23.5 Å². The second-order valence-corrected chi connectivity index (χ2v) is 5.20. The fourth-order valence-electron chi connectivity index (χ4n) is 2.96. The largest absolute Gasteiger partial charge is 0.313 e. The predicted molar refractivity (Wildman–Crippen MR) is 75.7 cm³/mol. The van der Waals surface area contributed by atoms with E-state index in [-0.39, 0.29) is 5.82 Å². The molecule has 0 spiro atoms. The molecular formula is C17H18FN. The first-order chi connectivity index (χ1) is 9.33. The molecule has 0 aromatic heterocycles. The quantitative estimate of drug-likeness (QED) is 0.885. The normalized spacial score (nSPS) is 22.6. The minimum absolute atomic E-state index is 0.158. The highest BCUT2D eigenvalue weighted by Crippen LogP contribution is 2.29. The van der Waals surface area contributed by atoms with Gasteiger partial charge in [-0.1, -0.05) is 42.5 Å². The molecule has 1 aliphatic rings. The highest BCUT2D eigenvalue weighted by atomic mass is 19.1. The Hall–Kier alpha value is -1.67. The van der Waals surface area contributed by atoms with Gasteiger partial charge >= 0.3 is 0 Å². The monoisotopic (exact) mass is 255 g/mol. The van der Waals surface area contributed by atoms with E-state index in [1.807, 2.05) is 18.2 Å². The van der Waals surface area contributed by atoms with Crippen LogP contribution < -0.4 is 5.32 Å². The maximum Gasteiger partial charge on any atom is 0.123 e. The van der Waals surface area contributed by atoms with Crippen LogP contribution in [0.2, 0.25) is 0 Å². The van der Waals surface area contributed by atoms with Crippen LogP contribution >= 0.6 is 0 Å². The van der Waals surface area contributed by atoms with Gasteiger partial charge in [0.15, 0.2) is 0 Å². The van der Waals surface area contributed by atoms with E-state index in [2.05, 4.69) is 29.6 Å². The van der Waals surface area contributed by atoms with Crippen LogP contribution in [0.15, 0.2) is 54.6 Å². The lowest BCUT2D eigenvalue weighted by Crippen LogP contribution is -2.28. The van der Waals surface area contributed by atoms with Gasteiger partial charge in [0.1, 0.15) is 5.82 Å². The summed E-state index contributed by atoms with van der Waals surface area (Å²) in [6.45, 7) is 1.04. The second kappa shape index (κ2) is 5.54. The average molecular weight is 255 g/mol. The third kappa shape index (κ3) is 2.85. The Balaban J connectivity index is 1.76. The predicted octanol–water partition coefficient (Wildman–Crippen LogP) is 3.51.